The maximum Gasteiger partial charge on any atom is 0.235 e. The second-order valence-electron chi connectivity index (χ2n) is 7.61. The van der Waals surface area contributed by atoms with E-state index in [9.17, 15) is 15.3 Å². The number of rotatable bonds is 3. The molecule has 0 unspecified atom stereocenters. The van der Waals surface area contributed by atoms with Crippen molar-refractivity contribution < 1.29 is 4.79 Å². The third kappa shape index (κ3) is 2.85. The number of nitriles is 2. The number of amides is 1. The SMILES string of the molecule is CN1C(=N)N[C@](C)(c2cc(-c3cc(C#N)cc(C#N)c3)cs2)[C@H](C2CC2)C1=O. The third-order valence-electron chi connectivity index (χ3n) is 5.66. The zero-order valence-electron chi connectivity index (χ0n) is 15.6. The predicted molar refractivity (Wildman–Crippen MR) is 106 cm³/mol. The van der Waals surface area contributed by atoms with Gasteiger partial charge in [0.05, 0.1) is 34.7 Å². The average Bonchev–Trinajstić information content (AvgIpc) is 3.38. The largest absolute Gasteiger partial charge is 0.345 e. The van der Waals surface area contributed by atoms with E-state index in [-0.39, 0.29) is 17.8 Å². The highest BCUT2D eigenvalue weighted by atomic mass is 32.1. The van der Waals surface area contributed by atoms with Gasteiger partial charge >= 0.3 is 0 Å². The summed E-state index contributed by atoms with van der Waals surface area (Å²) in [5.74, 6) is 0.218. The number of carbonyl (C=O) groups excluding carboxylic acids is 1. The Morgan fingerprint density at radius 3 is 2.39 bits per heavy atom. The van der Waals surface area contributed by atoms with E-state index < -0.39 is 5.54 Å². The molecule has 2 heterocycles. The van der Waals surface area contributed by atoms with Crippen molar-refractivity contribution in [3.8, 4) is 23.3 Å². The third-order valence-corrected chi connectivity index (χ3v) is 6.83. The number of nitrogens with zero attached hydrogens (tertiary/aromatic N) is 3. The molecule has 2 atom stereocenters. The van der Waals surface area contributed by atoms with Gasteiger partial charge in [0.2, 0.25) is 5.91 Å². The van der Waals surface area contributed by atoms with Crippen LogP contribution in [0, 0.1) is 39.9 Å². The molecule has 1 aliphatic heterocycles. The molecule has 1 amide bonds. The van der Waals surface area contributed by atoms with Crippen LogP contribution < -0.4 is 5.32 Å². The van der Waals surface area contributed by atoms with E-state index in [1.54, 1.807) is 25.2 Å². The number of thiophene rings is 1. The Kier molecular flexibility index (Phi) is 4.21. The van der Waals surface area contributed by atoms with Crippen molar-refractivity contribution in [3.05, 3.63) is 45.6 Å². The van der Waals surface area contributed by atoms with Gasteiger partial charge in [-0.15, -0.1) is 11.3 Å². The Balaban J connectivity index is 1.76. The fourth-order valence-electron chi connectivity index (χ4n) is 3.97. The topological polar surface area (TPSA) is 104 Å². The summed E-state index contributed by atoms with van der Waals surface area (Å²) in [4.78, 5) is 15.3. The standard InChI is InChI=1S/C21H19N5OS/c1-21(18(14-3-4-14)19(27)26(2)20(24)25-21)17-8-16(11-28-17)15-6-12(9-22)5-13(7-15)10-23/h5-8,11,14,18H,3-4H2,1-2H3,(H2,24,25)/t18-,21-/m1/s1. The van der Waals surface area contributed by atoms with Gasteiger partial charge in [-0.1, -0.05) is 0 Å². The molecule has 1 aromatic heterocycles. The van der Waals surface area contributed by atoms with Gasteiger partial charge in [-0.2, -0.15) is 10.5 Å². The molecule has 1 saturated carbocycles. The van der Waals surface area contributed by atoms with Crippen LogP contribution in [0.4, 0.5) is 0 Å². The Bertz CT molecular complexity index is 1040. The molecule has 0 spiro atoms. The molecule has 2 fully saturated rings. The summed E-state index contributed by atoms with van der Waals surface area (Å²) in [5, 5.41) is 31.9. The molecule has 1 aliphatic carbocycles. The average molecular weight is 389 g/mol. The minimum Gasteiger partial charge on any atom is -0.345 e. The van der Waals surface area contributed by atoms with E-state index in [2.05, 4.69) is 17.5 Å². The minimum atomic E-state index is -0.643. The van der Waals surface area contributed by atoms with Gasteiger partial charge in [-0.25, -0.2) is 0 Å². The lowest BCUT2D eigenvalue weighted by atomic mass is 9.78. The zero-order chi connectivity index (χ0) is 20.1. The number of hydrogen-bond donors (Lipinski definition) is 2. The van der Waals surface area contributed by atoms with Crippen molar-refractivity contribution in [2.45, 2.75) is 25.3 Å². The van der Waals surface area contributed by atoms with Crippen molar-refractivity contribution >= 4 is 23.2 Å². The number of benzene rings is 1. The highest BCUT2D eigenvalue weighted by molar-refractivity contribution is 7.10. The molecule has 2 aromatic rings. The van der Waals surface area contributed by atoms with E-state index in [4.69, 9.17) is 5.41 Å². The quantitative estimate of drug-likeness (QED) is 0.839. The van der Waals surface area contributed by atoms with Gasteiger partial charge in [-0.3, -0.25) is 15.1 Å². The summed E-state index contributed by atoms with van der Waals surface area (Å²) in [6, 6.07) is 11.3. The second-order valence-corrected chi connectivity index (χ2v) is 8.52. The Hall–Kier alpha value is -3.16. The number of guanidine groups is 1. The number of carbonyl (C=O) groups is 1. The first-order valence-electron chi connectivity index (χ1n) is 9.06. The molecular formula is C21H19N5OS. The van der Waals surface area contributed by atoms with Gasteiger partial charge in [0.1, 0.15) is 0 Å². The van der Waals surface area contributed by atoms with Crippen LogP contribution in [0.3, 0.4) is 0 Å². The molecule has 140 valence electrons. The van der Waals surface area contributed by atoms with E-state index >= 15 is 0 Å². The Morgan fingerprint density at radius 2 is 1.82 bits per heavy atom. The van der Waals surface area contributed by atoms with Crippen LogP contribution in [-0.4, -0.2) is 23.8 Å². The minimum absolute atomic E-state index is 0.0121. The Morgan fingerprint density at radius 1 is 1.18 bits per heavy atom. The summed E-state index contributed by atoms with van der Waals surface area (Å²) in [7, 11) is 1.64. The second kappa shape index (κ2) is 6.47. The fourth-order valence-corrected chi connectivity index (χ4v) is 5.05. The van der Waals surface area contributed by atoms with E-state index in [1.165, 1.54) is 16.2 Å². The summed E-state index contributed by atoms with van der Waals surface area (Å²) >= 11 is 1.54. The molecule has 6 nitrogen and oxygen atoms in total. The van der Waals surface area contributed by atoms with E-state index in [1.807, 2.05) is 18.4 Å². The molecular weight excluding hydrogens is 370 g/mol. The smallest absolute Gasteiger partial charge is 0.235 e. The maximum absolute atomic E-state index is 12.9. The molecule has 7 heteroatoms. The van der Waals surface area contributed by atoms with Crippen LogP contribution in [0.1, 0.15) is 35.8 Å². The van der Waals surface area contributed by atoms with Crippen LogP contribution in [0.25, 0.3) is 11.1 Å². The zero-order valence-corrected chi connectivity index (χ0v) is 16.4. The molecule has 1 saturated heterocycles. The van der Waals surface area contributed by atoms with Gasteiger partial charge in [-0.05, 0) is 66.5 Å². The van der Waals surface area contributed by atoms with Crippen LogP contribution in [0.2, 0.25) is 0 Å². The normalized spacial score (nSPS) is 24.4. The summed E-state index contributed by atoms with van der Waals surface area (Å²) in [6.07, 6.45) is 2.06. The molecule has 4 rings (SSSR count). The van der Waals surface area contributed by atoms with Gasteiger partial charge < -0.3 is 5.32 Å². The van der Waals surface area contributed by atoms with Crippen molar-refractivity contribution in [1.82, 2.24) is 10.2 Å². The monoisotopic (exact) mass is 389 g/mol. The van der Waals surface area contributed by atoms with Crippen LogP contribution in [-0.2, 0) is 10.3 Å². The maximum atomic E-state index is 12.9. The lowest BCUT2D eigenvalue weighted by molar-refractivity contribution is -0.136. The summed E-state index contributed by atoms with van der Waals surface area (Å²) < 4.78 is 0. The van der Waals surface area contributed by atoms with E-state index in [0.717, 1.165) is 28.8 Å². The number of nitrogens with one attached hydrogen (secondary N) is 2. The first kappa shape index (κ1) is 18.2. The molecule has 1 aromatic carbocycles. The van der Waals surface area contributed by atoms with Crippen LogP contribution in [0.5, 0.6) is 0 Å². The van der Waals surface area contributed by atoms with Crippen molar-refractivity contribution in [2.24, 2.45) is 11.8 Å². The summed E-state index contributed by atoms with van der Waals surface area (Å²) in [6.45, 7) is 2.00. The summed E-state index contributed by atoms with van der Waals surface area (Å²) in [5.41, 5.74) is 1.95. The van der Waals surface area contributed by atoms with Crippen LogP contribution in [0.15, 0.2) is 29.6 Å². The first-order chi connectivity index (χ1) is 13.4. The van der Waals surface area contributed by atoms with Gasteiger partial charge in [0, 0.05) is 11.9 Å². The molecule has 2 N–H and O–H groups in total. The Labute approximate surface area is 167 Å². The van der Waals surface area contributed by atoms with Crippen molar-refractivity contribution in [2.75, 3.05) is 7.05 Å². The molecule has 2 aliphatic rings. The van der Waals surface area contributed by atoms with E-state index in [0.29, 0.717) is 17.0 Å². The van der Waals surface area contributed by atoms with Crippen molar-refractivity contribution in [3.63, 3.8) is 0 Å². The lowest BCUT2D eigenvalue weighted by Gasteiger charge is -2.45. The highest BCUT2D eigenvalue weighted by Crippen LogP contribution is 2.49. The lowest BCUT2D eigenvalue weighted by Crippen LogP contribution is -2.64. The number of hydrogen-bond acceptors (Lipinski definition) is 5. The van der Waals surface area contributed by atoms with Gasteiger partial charge in [0.15, 0.2) is 5.96 Å². The van der Waals surface area contributed by atoms with Crippen molar-refractivity contribution in [1.29, 1.82) is 15.9 Å². The molecule has 0 bridgehead atoms. The molecule has 0 radical (unpaired) electrons. The van der Waals surface area contributed by atoms with Crippen LogP contribution >= 0.6 is 11.3 Å². The fraction of sp³-hybridized carbons (Fsp3) is 0.333. The van der Waals surface area contributed by atoms with Gasteiger partial charge in [0.25, 0.3) is 0 Å². The predicted octanol–water partition coefficient (Wildman–Crippen LogP) is 3.40. The molecule has 28 heavy (non-hydrogen) atoms. The first-order valence-corrected chi connectivity index (χ1v) is 9.94. The highest BCUT2D eigenvalue weighted by Gasteiger charge is 2.54.